The molecule has 31 heavy (non-hydrogen) atoms. The average Bonchev–Trinajstić information content (AvgIpc) is 2.66. The third-order valence-corrected chi connectivity index (χ3v) is 7.47. The SMILES string of the molecule is Cc1[nH]c(=O)[nH]c(=O)c1S(=O)(=O)N1CCC[C@@H](C(=O)Nc2ccc(C(C)(C)C)cc2)C1. The van der Waals surface area contributed by atoms with Gasteiger partial charge in [-0.15, -0.1) is 0 Å². The van der Waals surface area contributed by atoms with Crippen molar-refractivity contribution >= 4 is 21.6 Å². The third kappa shape index (κ3) is 4.96. The summed E-state index contributed by atoms with van der Waals surface area (Å²) in [7, 11) is -4.16. The van der Waals surface area contributed by atoms with Crippen LogP contribution in [0.25, 0.3) is 0 Å². The largest absolute Gasteiger partial charge is 0.326 e. The second kappa shape index (κ2) is 8.43. The summed E-state index contributed by atoms with van der Waals surface area (Å²) in [6.45, 7) is 7.84. The van der Waals surface area contributed by atoms with Crippen LogP contribution >= 0.6 is 0 Å². The first-order valence-corrected chi connectivity index (χ1v) is 11.6. The van der Waals surface area contributed by atoms with Crippen molar-refractivity contribution < 1.29 is 13.2 Å². The van der Waals surface area contributed by atoms with Crippen LogP contribution in [0.2, 0.25) is 0 Å². The maximum atomic E-state index is 13.1. The first kappa shape index (κ1) is 23.0. The molecule has 10 heteroatoms. The van der Waals surface area contributed by atoms with Crippen molar-refractivity contribution in [3.05, 3.63) is 56.4 Å². The van der Waals surface area contributed by atoms with Gasteiger partial charge in [-0.05, 0) is 42.9 Å². The summed E-state index contributed by atoms with van der Waals surface area (Å²) in [6.07, 6.45) is 1.03. The summed E-state index contributed by atoms with van der Waals surface area (Å²) in [5.74, 6) is -0.816. The van der Waals surface area contributed by atoms with Gasteiger partial charge in [0.05, 0.1) is 5.92 Å². The molecule has 0 unspecified atom stereocenters. The predicted octanol–water partition coefficient (Wildman–Crippen LogP) is 1.71. The van der Waals surface area contributed by atoms with Crippen molar-refractivity contribution in [1.29, 1.82) is 0 Å². The lowest BCUT2D eigenvalue weighted by Gasteiger charge is -2.31. The summed E-state index contributed by atoms with van der Waals surface area (Å²) in [4.78, 5) is 40.1. The van der Waals surface area contributed by atoms with E-state index in [0.717, 1.165) is 9.87 Å². The number of benzene rings is 1. The topological polar surface area (TPSA) is 132 Å². The number of aromatic amines is 2. The van der Waals surface area contributed by atoms with Crippen molar-refractivity contribution in [2.45, 2.75) is 50.8 Å². The molecule has 1 amide bonds. The van der Waals surface area contributed by atoms with Crippen LogP contribution in [0.5, 0.6) is 0 Å². The van der Waals surface area contributed by atoms with Crippen molar-refractivity contribution in [1.82, 2.24) is 14.3 Å². The third-order valence-electron chi connectivity index (χ3n) is 5.45. The molecule has 1 aliphatic rings. The lowest BCUT2D eigenvalue weighted by molar-refractivity contribution is -0.120. The number of hydrogen-bond acceptors (Lipinski definition) is 5. The number of aromatic nitrogens is 2. The lowest BCUT2D eigenvalue weighted by atomic mass is 9.87. The first-order valence-electron chi connectivity index (χ1n) is 10.1. The molecule has 2 aromatic rings. The molecule has 1 atom stereocenters. The maximum Gasteiger partial charge on any atom is 0.325 e. The molecule has 1 aromatic carbocycles. The molecule has 1 aromatic heterocycles. The number of rotatable bonds is 4. The Morgan fingerprint density at radius 2 is 1.77 bits per heavy atom. The van der Waals surface area contributed by atoms with Gasteiger partial charge in [0.2, 0.25) is 15.9 Å². The van der Waals surface area contributed by atoms with E-state index in [-0.39, 0.29) is 30.1 Å². The fourth-order valence-electron chi connectivity index (χ4n) is 3.70. The number of H-pyrrole nitrogens is 2. The number of carbonyl (C=O) groups excluding carboxylic acids is 1. The predicted molar refractivity (Wildman–Crippen MR) is 118 cm³/mol. The molecule has 1 saturated heterocycles. The molecule has 1 aliphatic heterocycles. The summed E-state index contributed by atoms with van der Waals surface area (Å²) >= 11 is 0. The Hall–Kier alpha value is -2.72. The van der Waals surface area contributed by atoms with Crippen LogP contribution in [0.3, 0.4) is 0 Å². The second-order valence-corrected chi connectivity index (χ2v) is 10.8. The smallest absolute Gasteiger partial charge is 0.325 e. The molecule has 0 radical (unpaired) electrons. The van der Waals surface area contributed by atoms with Crippen molar-refractivity contribution in [2.75, 3.05) is 18.4 Å². The maximum absolute atomic E-state index is 13.1. The standard InChI is InChI=1S/C21H28N4O5S/c1-13-17(19(27)24-20(28)22-13)31(29,30)25-11-5-6-14(12-25)18(26)23-16-9-7-15(8-10-16)21(2,3)4/h7-10,14H,5-6,11-12H2,1-4H3,(H,23,26)(H2,22,24,27,28)/t14-/m1/s1. The lowest BCUT2D eigenvalue weighted by Crippen LogP contribution is -2.45. The highest BCUT2D eigenvalue weighted by Crippen LogP contribution is 2.26. The summed E-state index contributed by atoms with van der Waals surface area (Å²) in [5.41, 5.74) is 0.0204. The summed E-state index contributed by atoms with van der Waals surface area (Å²) in [6, 6.07) is 7.58. The van der Waals surface area contributed by atoms with E-state index in [4.69, 9.17) is 0 Å². The number of aryl methyl sites for hydroxylation is 1. The van der Waals surface area contributed by atoms with Gasteiger partial charge in [0.1, 0.15) is 0 Å². The average molecular weight is 449 g/mol. The molecule has 0 spiro atoms. The Bertz CT molecular complexity index is 1190. The van der Waals surface area contributed by atoms with Crippen LogP contribution in [0.1, 0.15) is 44.9 Å². The van der Waals surface area contributed by atoms with Crippen LogP contribution in [0.4, 0.5) is 5.69 Å². The molecule has 168 valence electrons. The summed E-state index contributed by atoms with van der Waals surface area (Å²) in [5, 5.41) is 2.86. The number of anilines is 1. The fourth-order valence-corrected chi connectivity index (χ4v) is 5.43. The second-order valence-electron chi connectivity index (χ2n) is 8.88. The van der Waals surface area contributed by atoms with E-state index in [0.29, 0.717) is 18.5 Å². The molecule has 2 heterocycles. The number of sulfonamides is 1. The Morgan fingerprint density at radius 1 is 1.13 bits per heavy atom. The Balaban J connectivity index is 1.76. The Kier molecular flexibility index (Phi) is 6.24. The number of hydrogen-bond donors (Lipinski definition) is 3. The number of nitrogens with zero attached hydrogens (tertiary/aromatic N) is 1. The number of carbonyl (C=O) groups is 1. The highest BCUT2D eigenvalue weighted by atomic mass is 32.2. The van der Waals surface area contributed by atoms with E-state index < -0.39 is 32.1 Å². The minimum Gasteiger partial charge on any atom is -0.326 e. The van der Waals surface area contributed by atoms with Gasteiger partial charge in [-0.2, -0.15) is 4.31 Å². The van der Waals surface area contributed by atoms with E-state index in [2.05, 4.69) is 31.1 Å². The van der Waals surface area contributed by atoms with Crippen molar-refractivity contribution in [2.24, 2.45) is 5.92 Å². The Labute approximate surface area is 180 Å². The van der Waals surface area contributed by atoms with Gasteiger partial charge in [0, 0.05) is 24.5 Å². The number of nitrogens with one attached hydrogen (secondary N) is 3. The molecule has 0 bridgehead atoms. The quantitative estimate of drug-likeness (QED) is 0.655. The molecule has 3 rings (SSSR count). The molecule has 1 fully saturated rings. The zero-order valence-corrected chi connectivity index (χ0v) is 18.9. The van der Waals surface area contributed by atoms with Gasteiger partial charge >= 0.3 is 5.69 Å². The van der Waals surface area contributed by atoms with E-state index >= 15 is 0 Å². The molecule has 0 saturated carbocycles. The Morgan fingerprint density at radius 3 is 2.35 bits per heavy atom. The van der Waals surface area contributed by atoms with Crippen LogP contribution in [-0.2, 0) is 20.2 Å². The first-order chi connectivity index (χ1) is 14.4. The van der Waals surface area contributed by atoms with Gasteiger partial charge in [-0.1, -0.05) is 32.9 Å². The zero-order valence-electron chi connectivity index (χ0n) is 18.1. The summed E-state index contributed by atoms with van der Waals surface area (Å²) < 4.78 is 27.2. The van der Waals surface area contributed by atoms with Crippen LogP contribution < -0.4 is 16.6 Å². The van der Waals surface area contributed by atoms with Gasteiger partial charge in [0.25, 0.3) is 5.56 Å². The molecule has 9 nitrogen and oxygen atoms in total. The van der Waals surface area contributed by atoms with Crippen LogP contribution in [0.15, 0.2) is 38.8 Å². The van der Waals surface area contributed by atoms with Crippen molar-refractivity contribution in [3.63, 3.8) is 0 Å². The monoisotopic (exact) mass is 448 g/mol. The van der Waals surface area contributed by atoms with Gasteiger partial charge in [0.15, 0.2) is 4.90 Å². The molecule has 3 N–H and O–H groups in total. The highest BCUT2D eigenvalue weighted by molar-refractivity contribution is 7.89. The van der Waals surface area contributed by atoms with Gasteiger partial charge in [-0.3, -0.25) is 14.6 Å². The van der Waals surface area contributed by atoms with Crippen molar-refractivity contribution in [3.8, 4) is 0 Å². The van der Waals surface area contributed by atoms with Gasteiger partial charge in [-0.25, -0.2) is 13.2 Å². The zero-order chi connectivity index (χ0) is 23.0. The fraction of sp³-hybridized carbons (Fsp3) is 0.476. The van der Waals surface area contributed by atoms with E-state index in [9.17, 15) is 22.8 Å². The number of piperidine rings is 1. The minimum atomic E-state index is -4.16. The van der Waals surface area contributed by atoms with E-state index in [1.165, 1.54) is 6.92 Å². The molecule has 0 aliphatic carbocycles. The van der Waals surface area contributed by atoms with Crippen LogP contribution in [-0.4, -0.2) is 41.7 Å². The minimum absolute atomic E-state index is 0.00152. The van der Waals surface area contributed by atoms with Crippen LogP contribution in [0, 0.1) is 12.8 Å². The van der Waals surface area contributed by atoms with E-state index in [1.54, 1.807) is 0 Å². The molecular formula is C21H28N4O5S. The number of amides is 1. The van der Waals surface area contributed by atoms with Gasteiger partial charge < -0.3 is 10.3 Å². The highest BCUT2D eigenvalue weighted by Gasteiger charge is 2.36. The molecular weight excluding hydrogens is 420 g/mol. The van der Waals surface area contributed by atoms with E-state index in [1.807, 2.05) is 29.2 Å². The normalized spacial score (nSPS) is 18.0.